The molecular weight excluding hydrogens is 853 g/mol. The van der Waals surface area contributed by atoms with Crippen molar-refractivity contribution in [2.45, 2.75) is 253 Å². The van der Waals surface area contributed by atoms with Crippen molar-refractivity contribution in [1.82, 2.24) is 0 Å². The van der Waals surface area contributed by atoms with Crippen LogP contribution in [-0.4, -0.2) is 0 Å². The van der Waals surface area contributed by atoms with Crippen LogP contribution < -0.4 is 0 Å². The quantitative estimate of drug-likeness (QED) is 0.152. The SMILES string of the molecule is C/C=C/C1CCC(C2CCC(/C=C/C)CC2)CC1.C=CC1CCC(C2CCC(/C=C/C)CC2)CC1.C=CC1CCC(C2CCC(C=C)CC2)CC1.CC/C=C/C1CCC(C2CCC(/C=C/CC)CC2)CC1. The molecule has 0 radical (unpaired) electrons. The monoisotopic (exact) mass is 971 g/mol. The van der Waals surface area contributed by atoms with Crippen LogP contribution >= 0.6 is 0 Å². The molecule has 0 atom stereocenters. The van der Waals surface area contributed by atoms with E-state index in [9.17, 15) is 0 Å². The Bertz CT molecular complexity index is 1410. The molecule has 0 spiro atoms. The van der Waals surface area contributed by atoms with Crippen LogP contribution in [0.1, 0.15) is 253 Å². The first-order valence-corrected chi connectivity index (χ1v) is 31.9. The molecule has 71 heavy (non-hydrogen) atoms. The molecule has 402 valence electrons. The summed E-state index contributed by atoms with van der Waals surface area (Å²) in [7, 11) is 0. The topological polar surface area (TPSA) is 0 Å². The van der Waals surface area contributed by atoms with Gasteiger partial charge in [0.25, 0.3) is 0 Å². The van der Waals surface area contributed by atoms with Crippen LogP contribution in [0.3, 0.4) is 0 Å². The van der Waals surface area contributed by atoms with Gasteiger partial charge >= 0.3 is 0 Å². The fraction of sp³-hybridized carbons (Fsp3) is 0.775. The molecule has 0 heterocycles. The van der Waals surface area contributed by atoms with Gasteiger partial charge < -0.3 is 0 Å². The van der Waals surface area contributed by atoms with Crippen LogP contribution in [0.25, 0.3) is 0 Å². The molecule has 8 fully saturated rings. The molecule has 0 amide bonds. The highest BCUT2D eigenvalue weighted by Crippen LogP contribution is 2.45. The van der Waals surface area contributed by atoms with Crippen LogP contribution in [-0.2, 0) is 0 Å². The van der Waals surface area contributed by atoms with Gasteiger partial charge in [0, 0.05) is 0 Å². The van der Waals surface area contributed by atoms with Crippen LogP contribution in [0.2, 0.25) is 0 Å². The zero-order chi connectivity index (χ0) is 50.5. The van der Waals surface area contributed by atoms with Gasteiger partial charge in [-0.3, -0.25) is 0 Å². The van der Waals surface area contributed by atoms with Crippen LogP contribution in [0.5, 0.6) is 0 Å². The van der Waals surface area contributed by atoms with Gasteiger partial charge in [-0.25, -0.2) is 0 Å². The molecule has 0 aromatic rings. The van der Waals surface area contributed by atoms with E-state index < -0.39 is 0 Å². The molecule has 8 rings (SSSR count). The second-order valence-corrected chi connectivity index (χ2v) is 25.4. The van der Waals surface area contributed by atoms with E-state index in [1.54, 1.807) is 0 Å². The fourth-order valence-electron chi connectivity index (χ4n) is 16.1. The normalized spacial score (nSPS) is 38.4. The van der Waals surface area contributed by atoms with E-state index in [0.29, 0.717) is 0 Å². The lowest BCUT2D eigenvalue weighted by Gasteiger charge is -2.37. The summed E-state index contributed by atoms with van der Waals surface area (Å²) in [6, 6.07) is 0. The summed E-state index contributed by atoms with van der Waals surface area (Å²) in [4.78, 5) is 0. The minimum absolute atomic E-state index is 0.820. The summed E-state index contributed by atoms with van der Waals surface area (Å²) in [6.07, 6.45) is 79.3. The maximum absolute atomic E-state index is 3.94. The fourth-order valence-corrected chi connectivity index (χ4v) is 16.1. The first-order valence-electron chi connectivity index (χ1n) is 31.9. The van der Waals surface area contributed by atoms with Crippen LogP contribution in [0.15, 0.2) is 98.7 Å². The van der Waals surface area contributed by atoms with Crippen molar-refractivity contribution in [2.24, 2.45) is 94.7 Å². The molecule has 0 bridgehead atoms. The third-order valence-electron chi connectivity index (χ3n) is 20.9. The molecule has 8 aliphatic carbocycles. The Morgan fingerprint density at radius 1 is 0.239 bits per heavy atom. The summed E-state index contributed by atoms with van der Waals surface area (Å²) in [5.74, 6) is 15.3. The number of hydrogen-bond donors (Lipinski definition) is 0. The van der Waals surface area contributed by atoms with Crippen molar-refractivity contribution < 1.29 is 0 Å². The van der Waals surface area contributed by atoms with E-state index in [1.165, 1.54) is 218 Å². The molecule has 0 aromatic carbocycles. The minimum atomic E-state index is 0.820. The molecule has 0 aromatic heterocycles. The molecule has 0 saturated heterocycles. The van der Waals surface area contributed by atoms with Gasteiger partial charge in [0.05, 0.1) is 0 Å². The average Bonchev–Trinajstić information content (AvgIpc) is 3.44. The standard InChI is InChI=1S/C20H34.C18H30.C17H28.C16H26/c1-3-5-7-17-9-13-19(14-10-17)20-15-11-18(12-16-20)8-6-4-2;1-3-5-15-7-11-17(12-8-15)18-13-9-16(6-4-2)10-14-18;1-3-5-15-8-12-17(13-9-15)16-10-6-14(4-2)7-11-16;1-3-13-5-9-15(10-6-13)16-11-7-14(4-2)8-12-16/h5-8,17-20H,3-4,9-16H2,1-2H3;3-6,15-18H,7-14H2,1-2H3;3-5,14-17H,2,6-13H2,1H3;3-4,13-16H,1-2,5-12H2/b7-5+,8-6+;5-3+,6-4+;5-3+;. The Hall–Kier alpha value is -2.08. The van der Waals surface area contributed by atoms with Gasteiger partial charge in [-0.15, -0.1) is 19.7 Å². The van der Waals surface area contributed by atoms with Crippen molar-refractivity contribution >= 4 is 0 Å². The third-order valence-corrected chi connectivity index (χ3v) is 20.9. The molecule has 0 aliphatic heterocycles. The Morgan fingerprint density at radius 3 is 0.535 bits per heavy atom. The van der Waals surface area contributed by atoms with Gasteiger partial charge in [-0.1, -0.05) is 92.8 Å². The van der Waals surface area contributed by atoms with E-state index in [0.717, 1.165) is 94.7 Å². The molecule has 0 heteroatoms. The van der Waals surface area contributed by atoms with E-state index in [1.807, 2.05) is 0 Å². The largest absolute Gasteiger partial charge is 0.103 e. The van der Waals surface area contributed by atoms with Crippen LogP contribution in [0, 0.1) is 94.7 Å². The van der Waals surface area contributed by atoms with Crippen LogP contribution in [0.4, 0.5) is 0 Å². The maximum Gasteiger partial charge on any atom is -0.0233 e. The number of rotatable bonds is 14. The van der Waals surface area contributed by atoms with E-state index in [2.05, 4.69) is 133 Å². The highest BCUT2D eigenvalue weighted by atomic mass is 14.4. The predicted octanol–water partition coefficient (Wildman–Crippen LogP) is 22.6. The second-order valence-electron chi connectivity index (χ2n) is 25.4. The van der Waals surface area contributed by atoms with Gasteiger partial charge in [-0.2, -0.15) is 0 Å². The van der Waals surface area contributed by atoms with Gasteiger partial charge in [0.2, 0.25) is 0 Å². The highest BCUT2D eigenvalue weighted by Gasteiger charge is 2.33. The predicted molar refractivity (Wildman–Crippen MR) is 317 cm³/mol. The van der Waals surface area contributed by atoms with E-state index in [-0.39, 0.29) is 0 Å². The Kier molecular flexibility index (Phi) is 29.7. The Labute approximate surface area is 444 Å². The van der Waals surface area contributed by atoms with Gasteiger partial charge in [0.15, 0.2) is 0 Å². The third kappa shape index (κ3) is 21.6. The zero-order valence-corrected chi connectivity index (χ0v) is 47.9. The zero-order valence-electron chi connectivity index (χ0n) is 47.9. The number of hydrogen-bond acceptors (Lipinski definition) is 0. The van der Waals surface area contributed by atoms with Crippen molar-refractivity contribution in [3.05, 3.63) is 98.7 Å². The molecule has 0 unspecified atom stereocenters. The van der Waals surface area contributed by atoms with Crippen molar-refractivity contribution in [2.75, 3.05) is 0 Å². The molecular formula is C71H118. The lowest BCUT2D eigenvalue weighted by atomic mass is 9.69. The summed E-state index contributed by atoms with van der Waals surface area (Å²) in [5, 5.41) is 0. The number of allylic oxidation sites excluding steroid dienone is 13. The van der Waals surface area contributed by atoms with Crippen molar-refractivity contribution in [3.8, 4) is 0 Å². The molecule has 8 saturated carbocycles. The smallest absolute Gasteiger partial charge is 0.0233 e. The lowest BCUT2D eigenvalue weighted by molar-refractivity contribution is 0.166. The first kappa shape index (κ1) is 59.8. The van der Waals surface area contributed by atoms with E-state index in [4.69, 9.17) is 0 Å². The van der Waals surface area contributed by atoms with Crippen molar-refractivity contribution in [1.29, 1.82) is 0 Å². The Balaban J connectivity index is 0.000000177. The van der Waals surface area contributed by atoms with Gasteiger partial charge in [-0.05, 0) is 334 Å². The second kappa shape index (κ2) is 35.2. The van der Waals surface area contributed by atoms with Gasteiger partial charge in [0.1, 0.15) is 0 Å². The summed E-state index contributed by atoms with van der Waals surface area (Å²) < 4.78 is 0. The highest BCUT2D eigenvalue weighted by molar-refractivity contribution is 4.97. The average molecular weight is 972 g/mol. The summed E-state index contributed by atoms with van der Waals surface area (Å²) >= 11 is 0. The van der Waals surface area contributed by atoms with E-state index >= 15 is 0 Å². The lowest BCUT2D eigenvalue weighted by Crippen LogP contribution is -2.25. The Morgan fingerprint density at radius 2 is 0.394 bits per heavy atom. The summed E-state index contributed by atoms with van der Waals surface area (Å²) in [5.41, 5.74) is 0. The van der Waals surface area contributed by atoms with Crippen molar-refractivity contribution in [3.63, 3.8) is 0 Å². The summed E-state index contributed by atoms with van der Waals surface area (Å²) in [6.45, 7) is 22.8. The first-order chi connectivity index (χ1) is 34.8. The molecule has 0 N–H and O–H groups in total. The molecule has 0 nitrogen and oxygen atoms in total. The maximum atomic E-state index is 3.94. The molecule has 8 aliphatic rings. The minimum Gasteiger partial charge on any atom is -0.103 e.